The number of halogens is 4. The summed E-state index contributed by atoms with van der Waals surface area (Å²) in [5, 5.41) is 0. The van der Waals surface area contributed by atoms with Crippen molar-refractivity contribution in [2.45, 2.75) is 6.42 Å². The van der Waals surface area contributed by atoms with E-state index in [2.05, 4.69) is 0 Å². The summed E-state index contributed by atoms with van der Waals surface area (Å²) in [4.78, 5) is 0. The van der Waals surface area contributed by atoms with Crippen LogP contribution in [0.4, 0.5) is 17.6 Å². The van der Waals surface area contributed by atoms with Gasteiger partial charge in [0.1, 0.15) is 0 Å². The van der Waals surface area contributed by atoms with Crippen LogP contribution in [0.25, 0.3) is 0 Å². The van der Waals surface area contributed by atoms with Crippen LogP contribution in [0.5, 0.6) is 0 Å². The van der Waals surface area contributed by atoms with Gasteiger partial charge in [-0.3, -0.25) is 0 Å². The van der Waals surface area contributed by atoms with Crippen molar-refractivity contribution < 1.29 is 17.6 Å². The smallest absolute Gasteiger partial charge is 0.197 e. The molecule has 11 heavy (non-hydrogen) atoms. The molecule has 0 saturated carbocycles. The van der Waals surface area contributed by atoms with Gasteiger partial charge in [-0.2, -0.15) is 0 Å². The molecule has 1 aliphatic carbocycles. The number of hydrogen-bond acceptors (Lipinski definition) is 0. The van der Waals surface area contributed by atoms with E-state index in [1.54, 1.807) is 0 Å². The van der Waals surface area contributed by atoms with Gasteiger partial charge in [-0.1, -0.05) is 0 Å². The van der Waals surface area contributed by atoms with Crippen LogP contribution in [0.15, 0.2) is 0 Å². The molecule has 0 saturated heterocycles. The summed E-state index contributed by atoms with van der Waals surface area (Å²) in [7, 11) is 0. The van der Waals surface area contributed by atoms with Gasteiger partial charge >= 0.3 is 0 Å². The van der Waals surface area contributed by atoms with Crippen LogP contribution in [0, 0.1) is 23.3 Å². The average Bonchev–Trinajstić information content (AvgIpc) is 2.76. The van der Waals surface area contributed by atoms with Crippen LogP contribution < -0.4 is 0 Å². The van der Waals surface area contributed by atoms with Crippen LogP contribution in [0.3, 0.4) is 0 Å². The number of benzene rings is 1. The molecule has 0 radical (unpaired) electrons. The van der Waals surface area contributed by atoms with E-state index in [1.165, 1.54) is 0 Å². The molecule has 1 aromatic carbocycles. The van der Waals surface area contributed by atoms with Gasteiger partial charge < -0.3 is 0 Å². The molecule has 1 aliphatic rings. The average molecular weight is 162 g/mol. The van der Waals surface area contributed by atoms with Crippen molar-refractivity contribution in [3.05, 3.63) is 34.4 Å². The lowest BCUT2D eigenvalue weighted by atomic mass is 10.3. The Bertz CT molecular complexity index is 310. The summed E-state index contributed by atoms with van der Waals surface area (Å²) in [5.74, 6) is -5.92. The first-order chi connectivity index (χ1) is 5.13. The van der Waals surface area contributed by atoms with Crippen LogP contribution in [-0.4, -0.2) is 0 Å². The third-order valence-corrected chi connectivity index (χ3v) is 1.70. The van der Waals surface area contributed by atoms with Crippen molar-refractivity contribution in [1.29, 1.82) is 0 Å². The molecule has 2 rings (SSSR count). The predicted octanol–water partition coefficient (Wildman–Crippen LogP) is 2.15. The first-order valence-electron chi connectivity index (χ1n) is 2.96. The first kappa shape index (κ1) is 6.64. The molecular weight excluding hydrogens is 160 g/mol. The van der Waals surface area contributed by atoms with Gasteiger partial charge in [-0.05, 0) is 0 Å². The molecule has 0 heterocycles. The summed E-state index contributed by atoms with van der Waals surface area (Å²) in [5.41, 5.74) is -0.0807. The Morgan fingerprint density at radius 1 is 0.636 bits per heavy atom. The minimum atomic E-state index is -1.71. The lowest BCUT2D eigenvalue weighted by Crippen LogP contribution is -1.93. The maximum absolute atomic E-state index is 12.4. The highest BCUT2D eigenvalue weighted by Crippen LogP contribution is 2.36. The Morgan fingerprint density at radius 3 is 1.36 bits per heavy atom. The molecule has 0 spiro atoms. The lowest BCUT2D eigenvalue weighted by molar-refractivity contribution is 0.411. The highest BCUT2D eigenvalue weighted by Gasteiger charge is 2.33. The van der Waals surface area contributed by atoms with Gasteiger partial charge in [0.15, 0.2) is 23.3 Å². The Morgan fingerprint density at radius 2 is 1.00 bits per heavy atom. The predicted molar refractivity (Wildman–Crippen MR) is 29.1 cm³/mol. The third-order valence-electron chi connectivity index (χ3n) is 1.70. The van der Waals surface area contributed by atoms with Gasteiger partial charge in [0, 0.05) is 17.5 Å². The first-order valence-corrected chi connectivity index (χ1v) is 2.96. The van der Waals surface area contributed by atoms with Crippen molar-refractivity contribution in [3.63, 3.8) is 0 Å². The van der Waals surface area contributed by atoms with Gasteiger partial charge in [0.25, 0.3) is 0 Å². The zero-order valence-electron chi connectivity index (χ0n) is 5.22. The Labute approximate surface area is 59.5 Å². The van der Waals surface area contributed by atoms with Gasteiger partial charge in [-0.15, -0.1) is 0 Å². The molecule has 0 N–H and O–H groups in total. The summed E-state index contributed by atoms with van der Waals surface area (Å²) >= 11 is 0. The van der Waals surface area contributed by atoms with Crippen molar-refractivity contribution in [2.75, 3.05) is 0 Å². The minimum absolute atomic E-state index is 0.0263. The lowest BCUT2D eigenvalue weighted by Gasteiger charge is -1.93. The van der Waals surface area contributed by atoms with E-state index in [1.807, 2.05) is 0 Å². The molecule has 0 amide bonds. The van der Waals surface area contributed by atoms with E-state index in [0.29, 0.717) is 0 Å². The maximum atomic E-state index is 12.4. The van der Waals surface area contributed by atoms with E-state index < -0.39 is 23.3 Å². The fourth-order valence-corrected chi connectivity index (χ4v) is 1.01. The summed E-state index contributed by atoms with van der Waals surface area (Å²) in [6, 6.07) is 0. The zero-order valence-corrected chi connectivity index (χ0v) is 5.22. The van der Waals surface area contributed by atoms with Gasteiger partial charge in [0.05, 0.1) is 0 Å². The molecule has 0 bridgehead atoms. The quantitative estimate of drug-likeness (QED) is 0.316. The van der Waals surface area contributed by atoms with Crippen molar-refractivity contribution in [1.82, 2.24) is 0 Å². The Balaban J connectivity index is 2.78. The monoisotopic (exact) mass is 162 g/mol. The molecule has 0 aromatic heterocycles. The molecule has 0 unspecified atom stereocenters. The Kier molecular flexibility index (Phi) is 1.06. The second kappa shape index (κ2) is 1.75. The highest BCUT2D eigenvalue weighted by atomic mass is 19.2. The van der Waals surface area contributed by atoms with Crippen LogP contribution in [0.1, 0.15) is 11.1 Å². The number of fused-ring (bicyclic) bond motifs is 1. The van der Waals surface area contributed by atoms with Crippen molar-refractivity contribution >= 4 is 0 Å². The van der Waals surface area contributed by atoms with Crippen molar-refractivity contribution in [3.8, 4) is 0 Å². The molecule has 0 nitrogen and oxygen atoms in total. The molecule has 58 valence electrons. The summed E-state index contributed by atoms with van der Waals surface area (Å²) in [6.07, 6.45) is 0.0263. The SMILES string of the molecule is Fc1c(F)c(F)c2c(c1F)C2. The Hall–Kier alpha value is -1.06. The molecule has 4 heteroatoms. The third kappa shape index (κ3) is 0.692. The van der Waals surface area contributed by atoms with Crippen LogP contribution in [0.2, 0.25) is 0 Å². The van der Waals surface area contributed by atoms with E-state index in [9.17, 15) is 17.6 Å². The minimum Gasteiger partial charge on any atom is -0.203 e. The fraction of sp³-hybridized carbons (Fsp3) is 0.143. The molecule has 0 aliphatic heterocycles. The molecular formula is C7H2F4. The van der Waals surface area contributed by atoms with Crippen LogP contribution in [-0.2, 0) is 6.42 Å². The highest BCUT2D eigenvalue weighted by molar-refractivity contribution is 5.47. The van der Waals surface area contributed by atoms with E-state index in [0.717, 1.165) is 0 Å². The molecule has 0 fully saturated rings. The molecule has 1 aromatic rings. The fourth-order valence-electron chi connectivity index (χ4n) is 1.01. The second-order valence-corrected chi connectivity index (χ2v) is 2.39. The zero-order chi connectivity index (χ0) is 8.17. The maximum Gasteiger partial charge on any atom is 0.197 e. The van der Waals surface area contributed by atoms with E-state index in [-0.39, 0.29) is 17.5 Å². The van der Waals surface area contributed by atoms with Gasteiger partial charge in [0.2, 0.25) is 0 Å². The van der Waals surface area contributed by atoms with E-state index >= 15 is 0 Å². The topological polar surface area (TPSA) is 0 Å². The summed E-state index contributed by atoms with van der Waals surface area (Å²) in [6.45, 7) is 0. The normalized spacial score (nSPS) is 13.1. The number of hydrogen-bond donors (Lipinski definition) is 0. The second-order valence-electron chi connectivity index (χ2n) is 2.39. The number of rotatable bonds is 0. The van der Waals surface area contributed by atoms with Gasteiger partial charge in [-0.25, -0.2) is 17.6 Å². The summed E-state index contributed by atoms with van der Waals surface area (Å²) < 4.78 is 49.5. The van der Waals surface area contributed by atoms with Crippen molar-refractivity contribution in [2.24, 2.45) is 0 Å². The van der Waals surface area contributed by atoms with Crippen LogP contribution >= 0.6 is 0 Å². The van der Waals surface area contributed by atoms with E-state index in [4.69, 9.17) is 0 Å². The standard InChI is InChI=1S/C7H2F4/c8-4-2-1-3(2)5(9)7(11)6(4)10/h1H2. The largest absolute Gasteiger partial charge is 0.203 e. The molecule has 0 atom stereocenters.